The lowest BCUT2D eigenvalue weighted by Gasteiger charge is -2.15. The first-order valence-corrected chi connectivity index (χ1v) is 3.48. The molecule has 0 radical (unpaired) electrons. The molecule has 0 aromatic carbocycles. The highest BCUT2D eigenvalue weighted by Gasteiger charge is 2.38. The topological polar surface area (TPSA) is 83.5 Å². The Kier molecular flexibility index (Phi) is 4.15. The molecule has 0 heterocycles. The Balaban J connectivity index is 3.83. The van der Waals surface area contributed by atoms with Crippen LogP contribution in [0.15, 0.2) is 0 Å². The van der Waals surface area contributed by atoms with Crippen LogP contribution in [0.5, 0.6) is 0 Å². The molecule has 0 saturated heterocycles. The fourth-order valence-corrected chi connectivity index (χ4v) is 0.625. The highest BCUT2D eigenvalue weighted by molar-refractivity contribution is 5.72. The van der Waals surface area contributed by atoms with E-state index in [2.05, 4.69) is 0 Å². The average molecular weight is 201 g/mol. The minimum absolute atomic E-state index is 0.407. The molecule has 7 heteroatoms. The molecule has 0 aromatic rings. The molecular formula is C6H10F3NO3. The van der Waals surface area contributed by atoms with Gasteiger partial charge in [-0.2, -0.15) is 13.2 Å². The molecule has 0 aliphatic heterocycles. The lowest BCUT2D eigenvalue weighted by Crippen LogP contribution is -2.34. The van der Waals surface area contributed by atoms with Gasteiger partial charge in [0.05, 0.1) is 0 Å². The van der Waals surface area contributed by atoms with Gasteiger partial charge >= 0.3 is 12.1 Å². The molecule has 0 aliphatic carbocycles. The van der Waals surface area contributed by atoms with Gasteiger partial charge in [0.2, 0.25) is 0 Å². The zero-order valence-corrected chi connectivity index (χ0v) is 6.58. The summed E-state index contributed by atoms with van der Waals surface area (Å²) in [7, 11) is 0. The maximum Gasteiger partial charge on any atom is 0.414 e. The highest BCUT2D eigenvalue weighted by Crippen LogP contribution is 2.23. The minimum atomic E-state index is -4.71. The number of carboxylic acid groups (broad SMARTS) is 1. The highest BCUT2D eigenvalue weighted by atomic mass is 19.4. The molecule has 0 saturated carbocycles. The van der Waals surface area contributed by atoms with E-state index in [4.69, 9.17) is 15.9 Å². The molecule has 0 bridgehead atoms. The van der Waals surface area contributed by atoms with Crippen LogP contribution in [0.25, 0.3) is 0 Å². The minimum Gasteiger partial charge on any atom is -0.480 e. The van der Waals surface area contributed by atoms with Gasteiger partial charge in [0, 0.05) is 0 Å². The summed E-state index contributed by atoms with van der Waals surface area (Å²) in [4.78, 5) is 10.1. The van der Waals surface area contributed by atoms with Crippen LogP contribution in [-0.4, -0.2) is 34.5 Å². The number of alkyl halides is 3. The number of hydrogen-bond donors (Lipinski definition) is 3. The number of aliphatic hydroxyl groups excluding tert-OH is 1. The van der Waals surface area contributed by atoms with Crippen molar-refractivity contribution in [2.24, 2.45) is 5.73 Å². The van der Waals surface area contributed by atoms with Gasteiger partial charge in [0.15, 0.2) is 0 Å². The van der Waals surface area contributed by atoms with Crippen molar-refractivity contribution >= 4 is 5.97 Å². The number of hydrogen-bond acceptors (Lipinski definition) is 3. The van der Waals surface area contributed by atoms with Crippen molar-refractivity contribution in [3.8, 4) is 0 Å². The number of rotatable bonds is 4. The standard InChI is InChI=1S/C6H10F3NO3/c7-6(8,9)4(11)2-1-3(10)5(12)13/h3-4,11H,1-2,10H2,(H,12,13)/t3-,4+/m0/s1. The molecule has 0 unspecified atom stereocenters. The zero-order valence-electron chi connectivity index (χ0n) is 6.58. The third-order valence-corrected chi connectivity index (χ3v) is 1.45. The molecule has 2 atom stereocenters. The summed E-state index contributed by atoms with van der Waals surface area (Å²) in [5, 5.41) is 16.7. The van der Waals surface area contributed by atoms with Crippen LogP contribution in [0.3, 0.4) is 0 Å². The number of halogens is 3. The van der Waals surface area contributed by atoms with Crippen LogP contribution in [0, 0.1) is 0 Å². The molecule has 0 spiro atoms. The lowest BCUT2D eigenvalue weighted by atomic mass is 10.1. The smallest absolute Gasteiger partial charge is 0.414 e. The Hall–Kier alpha value is -0.820. The second-order valence-corrected chi connectivity index (χ2v) is 2.58. The maximum atomic E-state index is 11.7. The Labute approximate surface area is 72.2 Å². The quantitative estimate of drug-likeness (QED) is 0.602. The van der Waals surface area contributed by atoms with Crippen molar-refractivity contribution in [2.75, 3.05) is 0 Å². The van der Waals surface area contributed by atoms with E-state index >= 15 is 0 Å². The largest absolute Gasteiger partial charge is 0.480 e. The van der Waals surface area contributed by atoms with Crippen molar-refractivity contribution in [3.05, 3.63) is 0 Å². The maximum absolute atomic E-state index is 11.7. The molecule has 0 rings (SSSR count). The third-order valence-electron chi connectivity index (χ3n) is 1.45. The van der Waals surface area contributed by atoms with Gasteiger partial charge in [-0.05, 0) is 12.8 Å². The van der Waals surface area contributed by atoms with Crippen LogP contribution >= 0.6 is 0 Å². The second kappa shape index (κ2) is 4.43. The van der Waals surface area contributed by atoms with E-state index in [1.54, 1.807) is 0 Å². The van der Waals surface area contributed by atoms with Crippen LogP contribution in [-0.2, 0) is 4.79 Å². The van der Waals surface area contributed by atoms with E-state index in [0.29, 0.717) is 0 Å². The van der Waals surface area contributed by atoms with Gasteiger partial charge in [-0.1, -0.05) is 0 Å². The summed E-state index contributed by atoms with van der Waals surface area (Å²) < 4.78 is 35.0. The van der Waals surface area contributed by atoms with E-state index in [1.807, 2.05) is 0 Å². The molecule has 13 heavy (non-hydrogen) atoms. The summed E-state index contributed by atoms with van der Waals surface area (Å²) in [6.07, 6.45) is -8.32. The molecule has 0 aromatic heterocycles. The summed E-state index contributed by atoms with van der Waals surface area (Å²) in [5.41, 5.74) is 4.93. The first kappa shape index (κ1) is 12.2. The zero-order chi connectivity index (χ0) is 10.6. The second-order valence-electron chi connectivity index (χ2n) is 2.58. The number of aliphatic carboxylic acids is 1. The predicted octanol–water partition coefficient (Wildman–Crippen LogP) is 0.102. The van der Waals surface area contributed by atoms with Crippen molar-refractivity contribution < 1.29 is 28.2 Å². The Morgan fingerprint density at radius 2 is 1.85 bits per heavy atom. The molecule has 0 amide bonds. The fraction of sp³-hybridized carbons (Fsp3) is 0.833. The van der Waals surface area contributed by atoms with Gasteiger partial charge in [-0.25, -0.2) is 0 Å². The van der Waals surface area contributed by atoms with Crippen molar-refractivity contribution in [3.63, 3.8) is 0 Å². The fourth-order valence-electron chi connectivity index (χ4n) is 0.625. The van der Waals surface area contributed by atoms with E-state index in [9.17, 15) is 18.0 Å². The number of aliphatic hydroxyl groups is 1. The van der Waals surface area contributed by atoms with Crippen LogP contribution in [0.1, 0.15) is 12.8 Å². The van der Waals surface area contributed by atoms with Crippen LogP contribution < -0.4 is 5.73 Å². The van der Waals surface area contributed by atoms with Crippen LogP contribution in [0.4, 0.5) is 13.2 Å². The van der Waals surface area contributed by atoms with E-state index in [0.717, 1.165) is 0 Å². The summed E-state index contributed by atoms with van der Waals surface area (Å²) in [6.45, 7) is 0. The van der Waals surface area contributed by atoms with Crippen molar-refractivity contribution in [1.29, 1.82) is 0 Å². The molecule has 4 nitrogen and oxygen atoms in total. The third kappa shape index (κ3) is 4.69. The van der Waals surface area contributed by atoms with Gasteiger partial charge in [0.1, 0.15) is 12.1 Å². The van der Waals surface area contributed by atoms with Gasteiger partial charge in [-0.3, -0.25) is 4.79 Å². The molecule has 4 N–H and O–H groups in total. The molecule has 0 aliphatic rings. The predicted molar refractivity (Wildman–Crippen MR) is 36.9 cm³/mol. The number of carbonyl (C=O) groups is 1. The number of nitrogens with two attached hydrogens (primary N) is 1. The first-order valence-electron chi connectivity index (χ1n) is 3.48. The molecule has 0 fully saturated rings. The van der Waals surface area contributed by atoms with Crippen molar-refractivity contribution in [2.45, 2.75) is 31.2 Å². The number of carboxylic acids is 1. The van der Waals surface area contributed by atoms with Crippen LogP contribution in [0.2, 0.25) is 0 Å². The van der Waals surface area contributed by atoms with Gasteiger partial charge in [0.25, 0.3) is 0 Å². The Bertz CT molecular complexity index is 182. The summed E-state index contributed by atoms with van der Waals surface area (Å²) >= 11 is 0. The summed E-state index contributed by atoms with van der Waals surface area (Å²) in [6, 6.07) is -1.36. The van der Waals surface area contributed by atoms with Gasteiger partial charge < -0.3 is 15.9 Å². The lowest BCUT2D eigenvalue weighted by molar-refractivity contribution is -0.206. The SMILES string of the molecule is N[C@@H](CC[C@@H](O)C(F)(F)F)C(=O)O. The average Bonchev–Trinajstić information content (AvgIpc) is 1.97. The summed E-state index contributed by atoms with van der Waals surface area (Å²) in [5.74, 6) is -1.38. The van der Waals surface area contributed by atoms with Crippen molar-refractivity contribution in [1.82, 2.24) is 0 Å². The Morgan fingerprint density at radius 1 is 1.38 bits per heavy atom. The van der Waals surface area contributed by atoms with E-state index < -0.39 is 37.1 Å². The molecular weight excluding hydrogens is 191 g/mol. The Morgan fingerprint density at radius 3 is 2.15 bits per heavy atom. The van der Waals surface area contributed by atoms with E-state index in [1.165, 1.54) is 0 Å². The monoisotopic (exact) mass is 201 g/mol. The van der Waals surface area contributed by atoms with Gasteiger partial charge in [-0.15, -0.1) is 0 Å². The normalized spacial score (nSPS) is 16.7. The first-order chi connectivity index (χ1) is 5.75. The van der Waals surface area contributed by atoms with E-state index in [-0.39, 0.29) is 0 Å². The molecule has 78 valence electrons.